The minimum Gasteiger partial charge on any atom is -0.486 e. The van der Waals surface area contributed by atoms with Gasteiger partial charge < -0.3 is 18.8 Å². The number of amides is 1. The fraction of sp³-hybridized carbons (Fsp3) is 0.273. The summed E-state index contributed by atoms with van der Waals surface area (Å²) in [5.74, 6) is 1.09. The number of oxazole rings is 1. The molecule has 1 amide bonds. The molecule has 3 aromatic rings. The Morgan fingerprint density at radius 1 is 0.969 bits per heavy atom. The van der Waals surface area contributed by atoms with Crippen LogP contribution in [0, 0.1) is 0 Å². The number of hydrogen-bond acceptors (Lipinski definition) is 7. The molecule has 5 rings (SSSR count). The number of sulfonamides is 1. The van der Waals surface area contributed by atoms with Crippen LogP contribution in [0.25, 0.3) is 17.2 Å². The minimum atomic E-state index is -3.70. The number of fused-ring (bicyclic) bond motifs is 2. The molecule has 0 bridgehead atoms. The fourth-order valence-electron chi connectivity index (χ4n) is 3.69. The molecular formula is C22H21N3O6S. The summed E-state index contributed by atoms with van der Waals surface area (Å²) in [6.45, 7) is 1.82. The summed E-state index contributed by atoms with van der Waals surface area (Å²) in [7, 11) is -3.70. The number of aromatic nitrogens is 1. The lowest BCUT2D eigenvalue weighted by molar-refractivity contribution is -0.127. The van der Waals surface area contributed by atoms with Gasteiger partial charge in [-0.25, -0.2) is 13.4 Å². The Morgan fingerprint density at radius 3 is 2.50 bits per heavy atom. The van der Waals surface area contributed by atoms with Gasteiger partial charge in [-0.3, -0.25) is 4.79 Å². The van der Waals surface area contributed by atoms with E-state index < -0.39 is 10.0 Å². The number of ether oxygens (including phenoxy) is 2. The van der Waals surface area contributed by atoms with Gasteiger partial charge in [0.1, 0.15) is 18.7 Å². The molecule has 166 valence electrons. The molecule has 10 heteroatoms. The van der Waals surface area contributed by atoms with Gasteiger partial charge >= 0.3 is 0 Å². The highest BCUT2D eigenvalue weighted by Gasteiger charge is 2.30. The third-order valence-corrected chi connectivity index (χ3v) is 7.28. The van der Waals surface area contributed by atoms with Crippen molar-refractivity contribution in [2.24, 2.45) is 0 Å². The van der Waals surface area contributed by atoms with Crippen molar-refractivity contribution in [3.8, 4) is 11.5 Å². The Hall–Kier alpha value is -3.37. The summed E-state index contributed by atoms with van der Waals surface area (Å²) in [6, 6.07) is 12.0. The molecule has 0 N–H and O–H groups in total. The van der Waals surface area contributed by atoms with Crippen LogP contribution in [0.2, 0.25) is 0 Å². The molecule has 2 aromatic carbocycles. The normalized spacial score (nSPS) is 17.2. The molecule has 1 fully saturated rings. The number of benzene rings is 2. The van der Waals surface area contributed by atoms with Gasteiger partial charge in [-0.1, -0.05) is 12.1 Å². The molecule has 0 unspecified atom stereocenters. The van der Waals surface area contributed by atoms with E-state index in [-0.39, 0.29) is 23.9 Å². The topological polar surface area (TPSA) is 102 Å². The summed E-state index contributed by atoms with van der Waals surface area (Å²) >= 11 is 0. The van der Waals surface area contributed by atoms with E-state index in [0.29, 0.717) is 49.3 Å². The lowest BCUT2D eigenvalue weighted by Crippen LogP contribution is -2.50. The lowest BCUT2D eigenvalue weighted by atomic mass is 10.3. The zero-order valence-corrected chi connectivity index (χ0v) is 18.0. The van der Waals surface area contributed by atoms with E-state index in [0.717, 1.165) is 5.52 Å². The van der Waals surface area contributed by atoms with Crippen molar-refractivity contribution in [3.63, 3.8) is 0 Å². The van der Waals surface area contributed by atoms with Crippen LogP contribution >= 0.6 is 0 Å². The summed E-state index contributed by atoms with van der Waals surface area (Å²) in [4.78, 5) is 18.6. The van der Waals surface area contributed by atoms with Gasteiger partial charge in [-0.2, -0.15) is 4.31 Å². The van der Waals surface area contributed by atoms with Gasteiger partial charge in [0.15, 0.2) is 17.1 Å². The average Bonchev–Trinajstić information content (AvgIpc) is 3.25. The van der Waals surface area contributed by atoms with Crippen LogP contribution in [0.3, 0.4) is 0 Å². The molecule has 0 spiro atoms. The Bertz CT molecular complexity index is 1260. The molecule has 0 atom stereocenters. The maximum Gasteiger partial charge on any atom is 0.246 e. The van der Waals surface area contributed by atoms with Crippen molar-refractivity contribution < 1.29 is 27.1 Å². The third-order valence-electron chi connectivity index (χ3n) is 5.38. The third kappa shape index (κ3) is 3.94. The van der Waals surface area contributed by atoms with Gasteiger partial charge in [0.25, 0.3) is 0 Å². The smallest absolute Gasteiger partial charge is 0.246 e. The summed E-state index contributed by atoms with van der Waals surface area (Å²) in [5, 5.41) is 0. The number of rotatable bonds is 4. The fourth-order valence-corrected chi connectivity index (χ4v) is 5.13. The van der Waals surface area contributed by atoms with Crippen molar-refractivity contribution in [1.29, 1.82) is 0 Å². The number of carbonyl (C=O) groups is 1. The number of nitrogens with zero attached hydrogens (tertiary/aromatic N) is 3. The predicted molar refractivity (Wildman–Crippen MR) is 116 cm³/mol. The second-order valence-corrected chi connectivity index (χ2v) is 9.33. The predicted octanol–water partition coefficient (Wildman–Crippen LogP) is 2.15. The van der Waals surface area contributed by atoms with Gasteiger partial charge in [-0.05, 0) is 24.3 Å². The van der Waals surface area contributed by atoms with E-state index in [9.17, 15) is 13.2 Å². The first-order valence-electron chi connectivity index (χ1n) is 10.2. The van der Waals surface area contributed by atoms with E-state index in [2.05, 4.69) is 4.98 Å². The zero-order valence-electron chi connectivity index (χ0n) is 17.1. The van der Waals surface area contributed by atoms with E-state index in [1.807, 2.05) is 24.3 Å². The number of hydrogen-bond donors (Lipinski definition) is 0. The second-order valence-electron chi connectivity index (χ2n) is 7.39. The average molecular weight is 455 g/mol. The summed E-state index contributed by atoms with van der Waals surface area (Å²) < 4.78 is 44.0. The largest absolute Gasteiger partial charge is 0.486 e. The van der Waals surface area contributed by atoms with Crippen molar-refractivity contribution in [1.82, 2.24) is 14.2 Å². The SMILES string of the molecule is O=C(C=Cc1nc2ccccc2o1)N1CCN(S(=O)(=O)c2ccc3c(c2)OCCO3)CC1. The number of piperazine rings is 1. The highest BCUT2D eigenvalue weighted by atomic mass is 32.2. The second kappa shape index (κ2) is 8.29. The first kappa shape index (κ1) is 20.5. The summed E-state index contributed by atoms with van der Waals surface area (Å²) in [6.07, 6.45) is 2.93. The van der Waals surface area contributed by atoms with Crippen LogP contribution in [-0.2, 0) is 14.8 Å². The first-order valence-corrected chi connectivity index (χ1v) is 11.7. The van der Waals surface area contributed by atoms with E-state index in [4.69, 9.17) is 13.9 Å². The summed E-state index contributed by atoms with van der Waals surface area (Å²) in [5.41, 5.74) is 1.37. The molecule has 1 saturated heterocycles. The van der Waals surface area contributed by atoms with Gasteiger partial charge in [0, 0.05) is 44.4 Å². The highest BCUT2D eigenvalue weighted by molar-refractivity contribution is 7.89. The van der Waals surface area contributed by atoms with Crippen LogP contribution in [0.4, 0.5) is 0 Å². The molecule has 3 heterocycles. The number of para-hydroxylation sites is 2. The van der Waals surface area contributed by atoms with E-state index >= 15 is 0 Å². The Balaban J connectivity index is 1.22. The Morgan fingerprint density at radius 2 is 1.72 bits per heavy atom. The Kier molecular flexibility index (Phi) is 5.32. The van der Waals surface area contributed by atoms with Gasteiger partial charge in [-0.15, -0.1) is 0 Å². The van der Waals surface area contributed by atoms with Gasteiger partial charge in [0.2, 0.25) is 21.8 Å². The molecule has 0 saturated carbocycles. The van der Waals surface area contributed by atoms with Crippen LogP contribution < -0.4 is 9.47 Å². The van der Waals surface area contributed by atoms with Crippen LogP contribution in [0.15, 0.2) is 57.9 Å². The highest BCUT2D eigenvalue weighted by Crippen LogP contribution is 2.33. The molecule has 0 radical (unpaired) electrons. The molecule has 1 aromatic heterocycles. The molecular weight excluding hydrogens is 434 g/mol. The first-order chi connectivity index (χ1) is 15.5. The maximum atomic E-state index is 13.0. The van der Waals surface area contributed by atoms with Crippen molar-refractivity contribution in [2.75, 3.05) is 39.4 Å². The maximum absolute atomic E-state index is 13.0. The monoisotopic (exact) mass is 455 g/mol. The Labute approximate surface area is 184 Å². The molecule has 2 aliphatic rings. The van der Waals surface area contributed by atoms with E-state index in [1.165, 1.54) is 28.6 Å². The standard InChI is InChI=1S/C22H21N3O6S/c26-22(8-7-21-23-17-3-1-2-4-18(17)31-21)24-9-11-25(12-10-24)32(27,28)16-5-6-19-20(15-16)30-14-13-29-19/h1-8,15H,9-14H2. The molecule has 32 heavy (non-hydrogen) atoms. The van der Waals surface area contributed by atoms with Crippen LogP contribution in [-0.4, -0.2) is 67.9 Å². The minimum absolute atomic E-state index is 0.150. The van der Waals surface area contributed by atoms with Crippen molar-refractivity contribution in [2.45, 2.75) is 4.90 Å². The van der Waals surface area contributed by atoms with E-state index in [1.54, 1.807) is 11.0 Å². The zero-order chi connectivity index (χ0) is 22.1. The number of carbonyl (C=O) groups excluding carboxylic acids is 1. The van der Waals surface area contributed by atoms with Crippen LogP contribution in [0.1, 0.15) is 5.89 Å². The molecule has 0 aliphatic carbocycles. The van der Waals surface area contributed by atoms with Crippen LogP contribution in [0.5, 0.6) is 11.5 Å². The molecule has 2 aliphatic heterocycles. The van der Waals surface area contributed by atoms with Crippen molar-refractivity contribution in [3.05, 3.63) is 54.4 Å². The quantitative estimate of drug-likeness (QED) is 0.556. The van der Waals surface area contributed by atoms with Crippen molar-refractivity contribution >= 4 is 33.1 Å². The molecule has 9 nitrogen and oxygen atoms in total. The van der Waals surface area contributed by atoms with Gasteiger partial charge in [0.05, 0.1) is 4.90 Å². The lowest BCUT2D eigenvalue weighted by Gasteiger charge is -2.33.